The maximum atomic E-state index is 12.8. The molecule has 4 amide bonds. The van der Waals surface area contributed by atoms with Gasteiger partial charge in [0, 0.05) is 6.42 Å². The summed E-state index contributed by atoms with van der Waals surface area (Å²) < 4.78 is 0. The topological polar surface area (TPSA) is 120 Å². The normalized spacial score (nSPS) is 27.1. The fourth-order valence-electron chi connectivity index (χ4n) is 4.70. The first-order valence-electron chi connectivity index (χ1n) is 11.0. The van der Waals surface area contributed by atoms with Gasteiger partial charge in [-0.2, -0.15) is 5.01 Å². The fourth-order valence-corrected chi connectivity index (χ4v) is 5.31. The second-order valence-electron chi connectivity index (χ2n) is 8.91. The van der Waals surface area contributed by atoms with Gasteiger partial charge in [-0.3, -0.25) is 20.1 Å². The summed E-state index contributed by atoms with van der Waals surface area (Å²) in [5, 5.41) is 11.2. The van der Waals surface area contributed by atoms with Crippen LogP contribution in [0.5, 0.6) is 0 Å². The van der Waals surface area contributed by atoms with E-state index in [-0.39, 0.29) is 11.7 Å². The Balaban J connectivity index is 1.24. The molecule has 3 fully saturated rings. The monoisotopic (exact) mass is 434 g/mol. The largest absolute Gasteiger partial charge is 0.344 e. The van der Waals surface area contributed by atoms with Crippen LogP contribution in [0.15, 0.2) is 5.16 Å². The van der Waals surface area contributed by atoms with E-state index in [0.29, 0.717) is 23.9 Å². The van der Waals surface area contributed by atoms with Crippen molar-refractivity contribution in [3.8, 4) is 0 Å². The molecule has 2 aliphatic carbocycles. The molecule has 1 saturated heterocycles. The lowest BCUT2D eigenvalue weighted by Crippen LogP contribution is -2.51. The Morgan fingerprint density at radius 1 is 1.23 bits per heavy atom. The van der Waals surface area contributed by atoms with E-state index in [1.165, 1.54) is 37.4 Å². The summed E-state index contributed by atoms with van der Waals surface area (Å²) >= 11 is 1.19. The van der Waals surface area contributed by atoms with E-state index in [0.717, 1.165) is 42.4 Å². The second kappa shape index (κ2) is 8.95. The molecule has 1 aromatic rings. The quantitative estimate of drug-likeness (QED) is 0.448. The molecule has 9 nitrogen and oxygen atoms in total. The number of imide groups is 1. The first-order chi connectivity index (χ1) is 14.4. The van der Waals surface area contributed by atoms with Gasteiger partial charge in [-0.15, -0.1) is 5.10 Å². The van der Waals surface area contributed by atoms with Gasteiger partial charge in [0.1, 0.15) is 11.4 Å². The van der Waals surface area contributed by atoms with Crippen molar-refractivity contribution in [1.29, 1.82) is 0 Å². The first-order valence-corrected chi connectivity index (χ1v) is 11.9. The Morgan fingerprint density at radius 3 is 2.70 bits per heavy atom. The molecule has 1 aliphatic heterocycles. The summed E-state index contributed by atoms with van der Waals surface area (Å²) in [6.07, 6.45) is 10.2. The number of hydrazine groups is 1. The number of hydrogen-bond donors (Lipinski definition) is 3. The average molecular weight is 435 g/mol. The van der Waals surface area contributed by atoms with Crippen molar-refractivity contribution in [3.05, 3.63) is 5.82 Å². The highest BCUT2D eigenvalue weighted by Crippen LogP contribution is 2.35. The van der Waals surface area contributed by atoms with Crippen molar-refractivity contribution in [2.24, 2.45) is 11.8 Å². The van der Waals surface area contributed by atoms with E-state index in [1.54, 1.807) is 0 Å². The Morgan fingerprint density at radius 2 is 1.97 bits per heavy atom. The molecule has 3 N–H and O–H groups in total. The maximum Gasteiger partial charge on any atom is 0.344 e. The van der Waals surface area contributed by atoms with Crippen LogP contribution in [-0.2, 0) is 16.0 Å². The molecule has 0 unspecified atom stereocenters. The number of urea groups is 1. The summed E-state index contributed by atoms with van der Waals surface area (Å²) in [6, 6.07) is -0.556. The summed E-state index contributed by atoms with van der Waals surface area (Å²) in [5.41, 5.74) is 1.59. The van der Waals surface area contributed by atoms with Gasteiger partial charge in [-0.25, -0.2) is 9.78 Å². The molecule has 2 heterocycles. The fraction of sp³-hybridized carbons (Fsp3) is 0.750. The van der Waals surface area contributed by atoms with Crippen LogP contribution in [0, 0.1) is 11.8 Å². The second-order valence-corrected chi connectivity index (χ2v) is 9.86. The number of hydrogen-bond acceptors (Lipinski definition) is 6. The van der Waals surface area contributed by atoms with E-state index in [4.69, 9.17) is 0 Å². The number of H-pyrrole nitrogens is 1. The zero-order valence-corrected chi connectivity index (χ0v) is 18.2. The van der Waals surface area contributed by atoms with Crippen LogP contribution in [0.3, 0.4) is 0 Å². The highest BCUT2D eigenvalue weighted by molar-refractivity contribution is 7.99. The molecule has 1 aromatic heterocycles. The van der Waals surface area contributed by atoms with Crippen molar-refractivity contribution in [2.75, 3.05) is 5.75 Å². The number of aryl methyl sites for hydroxylation is 1. The minimum Gasteiger partial charge on any atom is -0.322 e. The molecule has 2 saturated carbocycles. The third-order valence-electron chi connectivity index (χ3n) is 6.63. The van der Waals surface area contributed by atoms with Crippen LogP contribution in [0.1, 0.15) is 70.5 Å². The lowest BCUT2D eigenvalue weighted by molar-refractivity contribution is -0.139. The molecule has 164 valence electrons. The number of aromatic nitrogens is 3. The van der Waals surface area contributed by atoms with E-state index in [2.05, 4.69) is 32.8 Å². The summed E-state index contributed by atoms with van der Waals surface area (Å²) in [4.78, 5) is 41.8. The number of rotatable bonds is 7. The molecular weight excluding hydrogens is 404 g/mol. The van der Waals surface area contributed by atoms with Gasteiger partial charge in [0.25, 0.3) is 5.91 Å². The molecular formula is C20H30N6O3S. The van der Waals surface area contributed by atoms with Crippen LogP contribution >= 0.6 is 11.8 Å². The number of amides is 4. The predicted octanol–water partition coefficient (Wildman–Crippen LogP) is 2.55. The lowest BCUT2D eigenvalue weighted by Gasteiger charge is -2.33. The van der Waals surface area contributed by atoms with Crippen LogP contribution in [0.25, 0.3) is 0 Å². The maximum absolute atomic E-state index is 12.8. The molecule has 1 spiro atoms. The van der Waals surface area contributed by atoms with Gasteiger partial charge in [0.2, 0.25) is 11.1 Å². The number of carbonyl (C=O) groups is 3. The highest BCUT2D eigenvalue weighted by atomic mass is 32.2. The van der Waals surface area contributed by atoms with Gasteiger partial charge >= 0.3 is 6.03 Å². The van der Waals surface area contributed by atoms with Crippen LogP contribution in [0.4, 0.5) is 4.79 Å². The minimum absolute atomic E-state index is 0.0288. The third kappa shape index (κ3) is 4.63. The lowest BCUT2D eigenvalue weighted by atomic mass is 9.77. The van der Waals surface area contributed by atoms with Crippen molar-refractivity contribution in [2.45, 2.75) is 81.8 Å². The SMILES string of the molecule is CC1CCC2(CC1)NC(=O)N(NC(=O)CSc1n[nH]c(CCC3CCCC3)n1)C2=O. The minimum atomic E-state index is -0.859. The molecule has 4 rings (SSSR count). The average Bonchev–Trinajstić information content (AvgIpc) is 3.45. The van der Waals surface area contributed by atoms with Crippen LogP contribution in [-0.4, -0.2) is 49.3 Å². The smallest absolute Gasteiger partial charge is 0.322 e. The summed E-state index contributed by atoms with van der Waals surface area (Å²) in [5.74, 6) is 1.42. The van der Waals surface area contributed by atoms with E-state index in [9.17, 15) is 14.4 Å². The Labute approximate surface area is 180 Å². The van der Waals surface area contributed by atoms with Crippen molar-refractivity contribution >= 4 is 29.6 Å². The number of carbonyl (C=O) groups excluding carboxylic acids is 3. The number of nitrogens with zero attached hydrogens (tertiary/aromatic N) is 3. The molecule has 0 aromatic carbocycles. The first kappa shape index (κ1) is 21.1. The van der Waals surface area contributed by atoms with E-state index in [1.807, 2.05) is 0 Å². The Hall–Kier alpha value is -2.10. The predicted molar refractivity (Wildman–Crippen MR) is 111 cm³/mol. The van der Waals surface area contributed by atoms with Crippen molar-refractivity contribution in [3.63, 3.8) is 0 Å². The van der Waals surface area contributed by atoms with Gasteiger partial charge in [-0.05, 0) is 43.9 Å². The Kier molecular flexibility index (Phi) is 6.31. The van der Waals surface area contributed by atoms with Crippen LogP contribution in [0.2, 0.25) is 0 Å². The van der Waals surface area contributed by atoms with E-state index < -0.39 is 17.5 Å². The van der Waals surface area contributed by atoms with Gasteiger partial charge < -0.3 is 5.32 Å². The van der Waals surface area contributed by atoms with Crippen molar-refractivity contribution < 1.29 is 14.4 Å². The molecule has 0 radical (unpaired) electrons. The van der Waals surface area contributed by atoms with Gasteiger partial charge in [0.05, 0.1) is 5.75 Å². The molecule has 0 bridgehead atoms. The summed E-state index contributed by atoms with van der Waals surface area (Å²) in [7, 11) is 0. The number of thioether (sulfide) groups is 1. The zero-order chi connectivity index (χ0) is 21.1. The molecule has 3 aliphatic rings. The van der Waals surface area contributed by atoms with E-state index >= 15 is 0 Å². The number of nitrogens with one attached hydrogen (secondary N) is 3. The Bertz CT molecular complexity index is 798. The third-order valence-corrected chi connectivity index (χ3v) is 7.48. The molecule has 0 atom stereocenters. The van der Waals surface area contributed by atoms with Gasteiger partial charge in [-0.1, -0.05) is 44.4 Å². The van der Waals surface area contributed by atoms with Gasteiger partial charge in [0.15, 0.2) is 0 Å². The summed E-state index contributed by atoms with van der Waals surface area (Å²) in [6.45, 7) is 2.15. The van der Waals surface area contributed by atoms with Crippen LogP contribution < -0.4 is 10.7 Å². The molecule has 10 heteroatoms. The number of aromatic amines is 1. The zero-order valence-electron chi connectivity index (χ0n) is 17.4. The standard InChI is InChI=1S/C20H30N6O3S/c1-13-8-10-20(11-9-13)17(28)26(19(29)22-20)25-16(27)12-30-18-21-15(23-24-18)7-6-14-4-2-3-5-14/h13-14H,2-12H2,1H3,(H,22,29)(H,25,27)(H,21,23,24). The van der Waals surface area contributed by atoms with Crippen molar-refractivity contribution in [1.82, 2.24) is 30.9 Å². The highest BCUT2D eigenvalue weighted by Gasteiger charge is 2.52. The molecule has 30 heavy (non-hydrogen) atoms.